The van der Waals surface area contributed by atoms with Gasteiger partial charge in [0.2, 0.25) is 5.95 Å². The SMILES string of the molecule is c1ccc(-n2nnnc2N[C@H]2CCO[C@]3(CCSC3)C2)cc1. The summed E-state index contributed by atoms with van der Waals surface area (Å²) in [7, 11) is 0. The molecule has 0 unspecified atom stereocenters. The second-order valence-electron chi connectivity index (χ2n) is 5.92. The summed E-state index contributed by atoms with van der Waals surface area (Å²) in [6.07, 6.45) is 3.18. The van der Waals surface area contributed by atoms with Crippen LogP contribution in [0, 0.1) is 0 Å². The molecule has 0 bridgehead atoms. The lowest BCUT2D eigenvalue weighted by atomic mass is 9.90. The largest absolute Gasteiger partial charge is 0.374 e. The number of rotatable bonds is 3. The number of tetrazole rings is 1. The van der Waals surface area contributed by atoms with Gasteiger partial charge in [0.05, 0.1) is 11.3 Å². The van der Waals surface area contributed by atoms with Gasteiger partial charge in [0, 0.05) is 18.4 Å². The summed E-state index contributed by atoms with van der Waals surface area (Å²) in [5, 5.41) is 15.6. The van der Waals surface area contributed by atoms with Gasteiger partial charge in [-0.05, 0) is 47.6 Å². The molecule has 1 aromatic heterocycles. The van der Waals surface area contributed by atoms with E-state index in [9.17, 15) is 0 Å². The van der Waals surface area contributed by atoms with Crippen LogP contribution >= 0.6 is 11.8 Å². The summed E-state index contributed by atoms with van der Waals surface area (Å²) in [5.41, 5.74) is 1.03. The van der Waals surface area contributed by atoms with E-state index in [4.69, 9.17) is 4.74 Å². The Kier molecular flexibility index (Phi) is 3.75. The Morgan fingerprint density at radius 3 is 3.05 bits per heavy atom. The number of aromatic nitrogens is 4. The van der Waals surface area contributed by atoms with Crippen LogP contribution in [-0.4, -0.2) is 50.0 Å². The second-order valence-corrected chi connectivity index (χ2v) is 7.02. The van der Waals surface area contributed by atoms with Crippen molar-refractivity contribution in [2.75, 3.05) is 23.4 Å². The van der Waals surface area contributed by atoms with Crippen LogP contribution in [0.2, 0.25) is 0 Å². The van der Waals surface area contributed by atoms with Crippen LogP contribution < -0.4 is 5.32 Å². The number of nitrogens with zero attached hydrogens (tertiary/aromatic N) is 4. The summed E-state index contributed by atoms with van der Waals surface area (Å²) in [6.45, 7) is 0.811. The van der Waals surface area contributed by atoms with E-state index in [0.717, 1.165) is 37.3 Å². The first-order valence-electron chi connectivity index (χ1n) is 7.67. The van der Waals surface area contributed by atoms with Gasteiger partial charge in [-0.1, -0.05) is 23.3 Å². The van der Waals surface area contributed by atoms with E-state index in [1.807, 2.05) is 42.1 Å². The number of thioether (sulfide) groups is 1. The van der Waals surface area contributed by atoms with Gasteiger partial charge in [-0.15, -0.1) is 0 Å². The summed E-state index contributed by atoms with van der Waals surface area (Å²) >= 11 is 1.99. The molecule has 4 rings (SSSR count). The fourth-order valence-corrected chi connectivity index (χ4v) is 4.60. The van der Waals surface area contributed by atoms with E-state index in [2.05, 4.69) is 20.8 Å². The fraction of sp³-hybridized carbons (Fsp3) is 0.533. The van der Waals surface area contributed by atoms with Crippen LogP contribution in [0.3, 0.4) is 0 Å². The first-order valence-corrected chi connectivity index (χ1v) is 8.82. The van der Waals surface area contributed by atoms with Crippen molar-refractivity contribution in [1.82, 2.24) is 20.2 Å². The van der Waals surface area contributed by atoms with Crippen molar-refractivity contribution in [2.24, 2.45) is 0 Å². The molecule has 2 aliphatic heterocycles. The van der Waals surface area contributed by atoms with E-state index in [1.54, 1.807) is 4.68 Å². The van der Waals surface area contributed by atoms with Crippen molar-refractivity contribution < 1.29 is 4.74 Å². The van der Waals surface area contributed by atoms with Crippen LogP contribution in [0.15, 0.2) is 30.3 Å². The summed E-state index contributed by atoms with van der Waals surface area (Å²) in [5.74, 6) is 3.02. The third kappa shape index (κ3) is 2.70. The monoisotopic (exact) mass is 317 g/mol. The molecule has 0 amide bonds. The van der Waals surface area contributed by atoms with Crippen molar-refractivity contribution in [2.45, 2.75) is 30.9 Å². The first kappa shape index (κ1) is 14.0. The molecule has 0 aliphatic carbocycles. The number of hydrogen-bond donors (Lipinski definition) is 1. The van der Waals surface area contributed by atoms with Crippen molar-refractivity contribution in [3.05, 3.63) is 30.3 Å². The Morgan fingerprint density at radius 1 is 1.32 bits per heavy atom. The van der Waals surface area contributed by atoms with Crippen molar-refractivity contribution in [3.8, 4) is 5.69 Å². The van der Waals surface area contributed by atoms with Gasteiger partial charge in [0.1, 0.15) is 0 Å². The van der Waals surface area contributed by atoms with Gasteiger partial charge in [-0.2, -0.15) is 16.4 Å². The Bertz CT molecular complexity index is 626. The average Bonchev–Trinajstić information content (AvgIpc) is 3.18. The highest BCUT2D eigenvalue weighted by molar-refractivity contribution is 7.99. The zero-order valence-corrected chi connectivity index (χ0v) is 13.1. The van der Waals surface area contributed by atoms with Gasteiger partial charge in [-0.3, -0.25) is 0 Å². The normalized spacial score (nSPS) is 28.1. The van der Waals surface area contributed by atoms with Gasteiger partial charge in [0.15, 0.2) is 0 Å². The molecule has 7 heteroatoms. The fourth-order valence-electron chi connectivity index (χ4n) is 3.22. The molecule has 2 aliphatic rings. The quantitative estimate of drug-likeness (QED) is 0.935. The molecular weight excluding hydrogens is 298 g/mol. The number of para-hydroxylation sites is 1. The van der Waals surface area contributed by atoms with E-state index >= 15 is 0 Å². The van der Waals surface area contributed by atoms with Gasteiger partial charge < -0.3 is 10.1 Å². The topological polar surface area (TPSA) is 64.9 Å². The highest BCUT2D eigenvalue weighted by Gasteiger charge is 2.40. The minimum atomic E-state index is 0.0611. The number of hydrogen-bond acceptors (Lipinski definition) is 6. The maximum absolute atomic E-state index is 6.07. The van der Waals surface area contributed by atoms with Gasteiger partial charge >= 0.3 is 0 Å². The van der Waals surface area contributed by atoms with Crippen LogP contribution in [0.25, 0.3) is 5.69 Å². The van der Waals surface area contributed by atoms with E-state index < -0.39 is 0 Å². The van der Waals surface area contributed by atoms with Gasteiger partial charge in [-0.25, -0.2) is 0 Å². The van der Waals surface area contributed by atoms with Crippen LogP contribution in [0.1, 0.15) is 19.3 Å². The lowest BCUT2D eigenvalue weighted by Gasteiger charge is -2.38. The van der Waals surface area contributed by atoms with Crippen LogP contribution in [-0.2, 0) is 4.74 Å². The summed E-state index contributed by atoms with van der Waals surface area (Å²) < 4.78 is 7.83. The molecule has 1 N–H and O–H groups in total. The Balaban J connectivity index is 1.51. The molecule has 0 saturated carbocycles. The first-order chi connectivity index (χ1) is 10.8. The maximum Gasteiger partial charge on any atom is 0.247 e. The molecule has 22 heavy (non-hydrogen) atoms. The maximum atomic E-state index is 6.07. The number of anilines is 1. The molecule has 2 aromatic rings. The standard InChI is InChI=1S/C15H19N5OS/c1-2-4-13(5-3-1)20-14(17-18-19-20)16-12-6-8-21-15(10-12)7-9-22-11-15/h1-5,12H,6-11H2,(H,16,17,19)/t12-,15+/m0/s1. The molecular formula is C15H19N5OS. The zero-order valence-electron chi connectivity index (χ0n) is 12.3. The second kappa shape index (κ2) is 5.89. The molecule has 2 fully saturated rings. The van der Waals surface area contributed by atoms with Crippen molar-refractivity contribution in [3.63, 3.8) is 0 Å². The molecule has 3 heterocycles. The summed E-state index contributed by atoms with van der Waals surface area (Å²) in [6, 6.07) is 10.3. The molecule has 2 atom stereocenters. The molecule has 6 nitrogen and oxygen atoms in total. The molecule has 116 valence electrons. The Morgan fingerprint density at radius 2 is 2.23 bits per heavy atom. The van der Waals surface area contributed by atoms with E-state index in [-0.39, 0.29) is 5.60 Å². The van der Waals surface area contributed by atoms with Crippen molar-refractivity contribution in [1.29, 1.82) is 0 Å². The smallest absolute Gasteiger partial charge is 0.247 e. The predicted octanol–water partition coefficient (Wildman–Crippen LogP) is 2.13. The molecule has 2 saturated heterocycles. The number of nitrogens with one attached hydrogen (secondary N) is 1. The third-order valence-corrected chi connectivity index (χ3v) is 5.59. The van der Waals surface area contributed by atoms with Gasteiger partial charge in [0.25, 0.3) is 0 Å². The predicted molar refractivity (Wildman–Crippen MR) is 86.4 cm³/mol. The van der Waals surface area contributed by atoms with E-state index in [1.165, 1.54) is 5.75 Å². The molecule has 1 spiro atoms. The Labute approximate surface area is 133 Å². The highest BCUT2D eigenvalue weighted by atomic mass is 32.2. The lowest BCUT2D eigenvalue weighted by Crippen LogP contribution is -2.44. The molecule has 0 radical (unpaired) electrons. The zero-order chi connectivity index (χ0) is 14.8. The number of benzene rings is 1. The van der Waals surface area contributed by atoms with Crippen LogP contribution in [0.5, 0.6) is 0 Å². The highest BCUT2D eigenvalue weighted by Crippen LogP contribution is 2.38. The lowest BCUT2D eigenvalue weighted by molar-refractivity contribution is -0.0629. The number of ether oxygens (including phenoxy) is 1. The third-order valence-electron chi connectivity index (χ3n) is 4.36. The molecule has 1 aromatic carbocycles. The van der Waals surface area contributed by atoms with Crippen LogP contribution in [0.4, 0.5) is 5.95 Å². The average molecular weight is 317 g/mol. The minimum Gasteiger partial charge on any atom is -0.374 e. The summed E-state index contributed by atoms with van der Waals surface area (Å²) in [4.78, 5) is 0. The van der Waals surface area contributed by atoms with E-state index in [0.29, 0.717) is 12.0 Å². The van der Waals surface area contributed by atoms with Crippen molar-refractivity contribution >= 4 is 17.7 Å². The minimum absolute atomic E-state index is 0.0611. The Hall–Kier alpha value is -1.60.